The molecule has 5 heteroatoms. The molecule has 1 unspecified atom stereocenters. The van der Waals surface area contributed by atoms with Crippen LogP contribution in [0, 0.1) is 5.92 Å². The van der Waals surface area contributed by atoms with Gasteiger partial charge in [0.1, 0.15) is 5.54 Å². The molecular formula is C21H26N2O3. The van der Waals surface area contributed by atoms with Crippen LogP contribution in [0.3, 0.4) is 0 Å². The first-order valence-corrected chi connectivity index (χ1v) is 9.32. The van der Waals surface area contributed by atoms with Gasteiger partial charge in [-0.15, -0.1) is 6.58 Å². The number of carbonyl (C=O) groups is 3. The molecular weight excluding hydrogens is 328 g/mol. The normalized spacial score (nSPS) is 26.4. The largest absolute Gasteiger partial charge is 0.342 e. The summed E-state index contributed by atoms with van der Waals surface area (Å²) in [6.45, 7) is 5.24. The molecule has 1 heterocycles. The zero-order chi connectivity index (χ0) is 18.7. The summed E-state index contributed by atoms with van der Waals surface area (Å²) in [7, 11) is 0. The summed E-state index contributed by atoms with van der Waals surface area (Å²) in [5.41, 5.74) is 0.842. The van der Waals surface area contributed by atoms with Crippen molar-refractivity contribution in [2.24, 2.45) is 5.92 Å². The van der Waals surface area contributed by atoms with Crippen molar-refractivity contribution in [2.75, 3.05) is 5.32 Å². The maximum atomic E-state index is 12.5. The maximum absolute atomic E-state index is 12.5. The third kappa shape index (κ3) is 3.57. The van der Waals surface area contributed by atoms with Crippen molar-refractivity contribution in [2.45, 2.75) is 56.9 Å². The summed E-state index contributed by atoms with van der Waals surface area (Å²) in [5.74, 6) is -2.24. The van der Waals surface area contributed by atoms with E-state index in [0.29, 0.717) is 18.0 Å². The number of Topliss-reactive ketones (excluding diaryl/α,β-unsaturated/α-hetero) is 1. The standard InChI is InChI=1S/C21H26N2O3/c1-3-13-21(2)18(24)17(20(26)23-21)19(25)22-16-11-9-15(10-12-16)14-7-5-4-6-8-14/h3,9-12,14,17H,1,4-8,13H2,2H3,(H,22,25)(H,23,26)/t17?,21-/m1/s1. The van der Waals surface area contributed by atoms with E-state index in [9.17, 15) is 14.4 Å². The highest BCUT2D eigenvalue weighted by Gasteiger charge is 2.52. The van der Waals surface area contributed by atoms with Crippen LogP contribution in [0.15, 0.2) is 36.9 Å². The van der Waals surface area contributed by atoms with E-state index in [1.165, 1.54) is 37.7 Å². The smallest absolute Gasteiger partial charge is 0.244 e. The Morgan fingerprint density at radius 1 is 1.23 bits per heavy atom. The molecule has 0 spiro atoms. The van der Waals surface area contributed by atoms with E-state index in [4.69, 9.17) is 0 Å². The number of rotatable bonds is 5. The molecule has 1 aliphatic carbocycles. The van der Waals surface area contributed by atoms with Gasteiger partial charge in [0.05, 0.1) is 0 Å². The van der Waals surface area contributed by atoms with E-state index in [1.54, 1.807) is 13.0 Å². The number of benzene rings is 1. The molecule has 2 amide bonds. The van der Waals surface area contributed by atoms with Crippen molar-refractivity contribution in [1.29, 1.82) is 0 Å². The lowest BCUT2D eigenvalue weighted by atomic mass is 9.84. The van der Waals surface area contributed by atoms with Gasteiger partial charge in [0.2, 0.25) is 11.8 Å². The second kappa shape index (κ2) is 7.44. The van der Waals surface area contributed by atoms with Gasteiger partial charge in [-0.2, -0.15) is 0 Å². The van der Waals surface area contributed by atoms with Gasteiger partial charge >= 0.3 is 0 Å². The minimum Gasteiger partial charge on any atom is -0.342 e. The van der Waals surface area contributed by atoms with Gasteiger partial charge in [-0.05, 0) is 49.8 Å². The number of hydrogen-bond donors (Lipinski definition) is 2. The number of amides is 2. The number of anilines is 1. The van der Waals surface area contributed by atoms with Crippen LogP contribution >= 0.6 is 0 Å². The molecule has 1 aromatic carbocycles. The molecule has 0 aromatic heterocycles. The fraction of sp³-hybridized carbons (Fsp3) is 0.476. The van der Waals surface area contributed by atoms with Crippen LogP contribution in [0.2, 0.25) is 0 Å². The van der Waals surface area contributed by atoms with E-state index < -0.39 is 29.1 Å². The first-order chi connectivity index (χ1) is 12.4. The van der Waals surface area contributed by atoms with Crippen molar-refractivity contribution in [3.8, 4) is 0 Å². The Hall–Kier alpha value is -2.43. The van der Waals surface area contributed by atoms with Crippen LogP contribution < -0.4 is 10.6 Å². The first-order valence-electron chi connectivity index (χ1n) is 9.32. The summed E-state index contributed by atoms with van der Waals surface area (Å²) in [6, 6.07) is 7.76. The fourth-order valence-corrected chi connectivity index (χ4v) is 4.01. The van der Waals surface area contributed by atoms with Crippen LogP contribution in [-0.2, 0) is 14.4 Å². The topological polar surface area (TPSA) is 75.3 Å². The van der Waals surface area contributed by atoms with E-state index in [-0.39, 0.29) is 0 Å². The van der Waals surface area contributed by atoms with Gasteiger partial charge in [-0.3, -0.25) is 14.4 Å². The zero-order valence-corrected chi connectivity index (χ0v) is 15.2. The molecule has 1 aromatic rings. The zero-order valence-electron chi connectivity index (χ0n) is 15.2. The minimum atomic E-state index is -1.31. The highest BCUT2D eigenvalue weighted by molar-refractivity contribution is 6.27. The lowest BCUT2D eigenvalue weighted by molar-refractivity contribution is -0.135. The molecule has 0 radical (unpaired) electrons. The van der Waals surface area contributed by atoms with Gasteiger partial charge in [-0.1, -0.05) is 37.5 Å². The van der Waals surface area contributed by atoms with Crippen LogP contribution in [0.1, 0.15) is 56.9 Å². The molecule has 1 saturated carbocycles. The van der Waals surface area contributed by atoms with Crippen molar-refractivity contribution in [3.63, 3.8) is 0 Å². The lowest BCUT2D eigenvalue weighted by Gasteiger charge is -2.22. The molecule has 5 nitrogen and oxygen atoms in total. The van der Waals surface area contributed by atoms with Gasteiger partial charge in [0.25, 0.3) is 0 Å². The summed E-state index contributed by atoms with van der Waals surface area (Å²) < 4.78 is 0. The lowest BCUT2D eigenvalue weighted by Crippen LogP contribution is -2.43. The van der Waals surface area contributed by atoms with Gasteiger partial charge < -0.3 is 10.6 Å². The van der Waals surface area contributed by atoms with E-state index in [0.717, 1.165) is 0 Å². The first kappa shape index (κ1) is 18.4. The Labute approximate surface area is 154 Å². The molecule has 1 aliphatic heterocycles. The highest BCUT2D eigenvalue weighted by Crippen LogP contribution is 2.33. The van der Waals surface area contributed by atoms with Crippen molar-refractivity contribution >= 4 is 23.3 Å². The molecule has 2 aliphatic rings. The molecule has 0 bridgehead atoms. The summed E-state index contributed by atoms with van der Waals surface area (Å²) in [6.07, 6.45) is 8.15. The van der Waals surface area contributed by atoms with Crippen molar-refractivity contribution in [1.82, 2.24) is 5.32 Å². The average Bonchev–Trinajstić information content (AvgIpc) is 2.85. The summed E-state index contributed by atoms with van der Waals surface area (Å²) in [5, 5.41) is 5.34. The van der Waals surface area contributed by atoms with Crippen LogP contribution in [0.5, 0.6) is 0 Å². The summed E-state index contributed by atoms with van der Waals surface area (Å²) >= 11 is 0. The van der Waals surface area contributed by atoms with Crippen LogP contribution in [0.4, 0.5) is 5.69 Å². The Morgan fingerprint density at radius 2 is 1.88 bits per heavy atom. The van der Waals surface area contributed by atoms with E-state index >= 15 is 0 Å². The third-order valence-corrected chi connectivity index (χ3v) is 5.54. The molecule has 3 rings (SSSR count). The Morgan fingerprint density at radius 3 is 2.50 bits per heavy atom. The highest BCUT2D eigenvalue weighted by atomic mass is 16.2. The fourth-order valence-electron chi connectivity index (χ4n) is 4.01. The number of carbonyl (C=O) groups excluding carboxylic acids is 3. The minimum absolute atomic E-state index is 0.303. The van der Waals surface area contributed by atoms with Crippen molar-refractivity contribution < 1.29 is 14.4 Å². The molecule has 2 fully saturated rings. The number of nitrogens with one attached hydrogen (secondary N) is 2. The second-order valence-corrected chi connectivity index (χ2v) is 7.56. The predicted octanol–water partition coefficient (Wildman–Crippen LogP) is 3.32. The molecule has 2 atom stereocenters. The maximum Gasteiger partial charge on any atom is 0.244 e. The Balaban J connectivity index is 1.67. The summed E-state index contributed by atoms with van der Waals surface area (Å²) in [4.78, 5) is 37.2. The van der Waals surface area contributed by atoms with Crippen LogP contribution in [-0.4, -0.2) is 23.1 Å². The van der Waals surface area contributed by atoms with E-state index in [2.05, 4.69) is 17.2 Å². The number of hydrogen-bond acceptors (Lipinski definition) is 3. The molecule has 26 heavy (non-hydrogen) atoms. The predicted molar refractivity (Wildman–Crippen MR) is 101 cm³/mol. The SMILES string of the molecule is C=CC[C@@]1(C)NC(=O)C(C(=O)Nc2ccc(C3CCCCC3)cc2)C1=O. The monoisotopic (exact) mass is 354 g/mol. The molecule has 2 N–H and O–H groups in total. The van der Waals surface area contributed by atoms with E-state index in [1.807, 2.05) is 24.3 Å². The van der Waals surface area contributed by atoms with Gasteiger partial charge in [0, 0.05) is 5.69 Å². The van der Waals surface area contributed by atoms with Gasteiger partial charge in [-0.25, -0.2) is 0 Å². The van der Waals surface area contributed by atoms with Crippen LogP contribution in [0.25, 0.3) is 0 Å². The quantitative estimate of drug-likeness (QED) is 0.629. The number of ketones is 1. The van der Waals surface area contributed by atoms with Crippen molar-refractivity contribution in [3.05, 3.63) is 42.5 Å². The molecule has 1 saturated heterocycles. The Bertz CT molecular complexity index is 719. The third-order valence-electron chi connectivity index (χ3n) is 5.54. The Kier molecular flexibility index (Phi) is 5.25. The molecule has 138 valence electrons. The second-order valence-electron chi connectivity index (χ2n) is 7.56. The average molecular weight is 354 g/mol. The van der Waals surface area contributed by atoms with Gasteiger partial charge in [0.15, 0.2) is 11.7 Å².